The molecular formula is C35H44FN5O3. The number of benzene rings is 2. The summed E-state index contributed by atoms with van der Waals surface area (Å²) in [5, 5.41) is 8.25. The van der Waals surface area contributed by atoms with E-state index in [0.717, 1.165) is 72.2 Å². The van der Waals surface area contributed by atoms with Crippen LogP contribution in [0.15, 0.2) is 48.5 Å². The van der Waals surface area contributed by atoms with Gasteiger partial charge in [0.15, 0.2) is 0 Å². The number of nitrogens with one attached hydrogen (secondary N) is 1. The average Bonchev–Trinajstić information content (AvgIpc) is 3.55. The first-order valence-corrected chi connectivity index (χ1v) is 15.8. The lowest BCUT2D eigenvalue weighted by molar-refractivity contribution is -0.132. The smallest absolute Gasteiger partial charge is 0.273 e. The van der Waals surface area contributed by atoms with E-state index in [2.05, 4.69) is 21.9 Å². The summed E-state index contributed by atoms with van der Waals surface area (Å²) in [5.41, 5.74) is 6.14. The first-order valence-electron chi connectivity index (χ1n) is 15.8. The van der Waals surface area contributed by atoms with E-state index in [0.29, 0.717) is 43.9 Å². The molecule has 4 aromatic rings. The third kappa shape index (κ3) is 6.88. The molecule has 0 radical (unpaired) electrons. The Morgan fingerprint density at radius 1 is 1.11 bits per heavy atom. The number of piperidine rings is 1. The van der Waals surface area contributed by atoms with E-state index in [4.69, 9.17) is 4.74 Å². The highest BCUT2D eigenvalue weighted by Crippen LogP contribution is 2.37. The minimum Gasteiger partial charge on any atom is -0.385 e. The number of amides is 2. The lowest BCUT2D eigenvalue weighted by Crippen LogP contribution is -2.39. The number of fused-ring (bicyclic) bond motifs is 1. The van der Waals surface area contributed by atoms with Crippen LogP contribution in [0.3, 0.4) is 0 Å². The molecular weight excluding hydrogens is 557 g/mol. The normalized spacial score (nSPS) is 15.2. The molecule has 1 saturated heterocycles. The number of hydrogen-bond acceptors (Lipinski definition) is 4. The number of methoxy groups -OCH3 is 1. The Kier molecular flexibility index (Phi) is 10.1. The van der Waals surface area contributed by atoms with E-state index in [1.807, 2.05) is 49.1 Å². The Hall–Kier alpha value is -3.98. The maximum absolute atomic E-state index is 15.0. The highest BCUT2D eigenvalue weighted by Gasteiger charge is 2.29. The van der Waals surface area contributed by atoms with Crippen LogP contribution in [0, 0.1) is 19.7 Å². The molecule has 9 heteroatoms. The van der Waals surface area contributed by atoms with E-state index in [-0.39, 0.29) is 23.5 Å². The van der Waals surface area contributed by atoms with Gasteiger partial charge in [-0.05, 0) is 88.3 Å². The van der Waals surface area contributed by atoms with Crippen LogP contribution >= 0.6 is 0 Å². The van der Waals surface area contributed by atoms with Crippen LogP contribution in [0.2, 0.25) is 0 Å². The molecule has 8 nitrogen and oxygen atoms in total. The fourth-order valence-electron chi connectivity index (χ4n) is 6.63. The van der Waals surface area contributed by atoms with Crippen molar-refractivity contribution in [3.63, 3.8) is 0 Å². The number of likely N-dealkylation sites (tertiary alicyclic amines) is 1. The number of rotatable bonds is 12. The molecule has 1 unspecified atom stereocenters. The summed E-state index contributed by atoms with van der Waals surface area (Å²) < 4.78 is 24.2. The Bertz CT molecular complexity index is 1610. The Labute approximate surface area is 259 Å². The van der Waals surface area contributed by atoms with Gasteiger partial charge in [-0.1, -0.05) is 24.3 Å². The van der Waals surface area contributed by atoms with E-state index < -0.39 is 0 Å². The number of aromatic nitrogens is 3. The number of anilines is 1. The number of halogens is 1. The molecule has 234 valence electrons. The summed E-state index contributed by atoms with van der Waals surface area (Å²) >= 11 is 0. The van der Waals surface area contributed by atoms with Gasteiger partial charge in [0.2, 0.25) is 5.91 Å². The van der Waals surface area contributed by atoms with Gasteiger partial charge in [0.1, 0.15) is 11.5 Å². The van der Waals surface area contributed by atoms with E-state index >= 15 is 4.39 Å². The highest BCUT2D eigenvalue weighted by molar-refractivity contribution is 6.03. The van der Waals surface area contributed by atoms with Gasteiger partial charge in [0.05, 0.1) is 11.2 Å². The minimum absolute atomic E-state index is 0.171. The van der Waals surface area contributed by atoms with Gasteiger partial charge < -0.3 is 19.5 Å². The molecule has 2 aromatic heterocycles. The maximum Gasteiger partial charge on any atom is 0.273 e. The lowest BCUT2D eigenvalue weighted by atomic mass is 9.91. The third-order valence-corrected chi connectivity index (χ3v) is 8.73. The van der Waals surface area contributed by atoms with Gasteiger partial charge in [-0.15, -0.1) is 0 Å². The van der Waals surface area contributed by atoms with Crippen LogP contribution in [-0.2, 0) is 29.0 Å². The molecule has 0 saturated carbocycles. The zero-order valence-electron chi connectivity index (χ0n) is 26.4. The molecule has 0 aliphatic carbocycles. The number of carbonyl (C=O) groups excluding carboxylic acids is 2. The van der Waals surface area contributed by atoms with Crippen LogP contribution in [0.25, 0.3) is 10.9 Å². The number of ether oxygens (including phenoxy) is 1. The van der Waals surface area contributed by atoms with Gasteiger partial charge in [-0.2, -0.15) is 5.10 Å². The Balaban J connectivity index is 1.18. The fraction of sp³-hybridized carbons (Fsp3) is 0.457. The van der Waals surface area contributed by atoms with Gasteiger partial charge in [-0.25, -0.2) is 4.39 Å². The number of para-hydroxylation sites is 1. The van der Waals surface area contributed by atoms with Crippen molar-refractivity contribution in [3.05, 3.63) is 82.6 Å². The van der Waals surface area contributed by atoms with Crippen molar-refractivity contribution in [1.29, 1.82) is 0 Å². The molecule has 0 bridgehead atoms. The quantitative estimate of drug-likeness (QED) is 0.185. The van der Waals surface area contributed by atoms with E-state index in [1.54, 1.807) is 23.9 Å². The Morgan fingerprint density at radius 2 is 1.91 bits per heavy atom. The van der Waals surface area contributed by atoms with Crippen LogP contribution in [0.4, 0.5) is 10.1 Å². The zero-order valence-corrected chi connectivity index (χ0v) is 26.4. The second-order valence-corrected chi connectivity index (χ2v) is 11.8. The van der Waals surface area contributed by atoms with Gasteiger partial charge in [0.25, 0.3) is 5.91 Å². The largest absolute Gasteiger partial charge is 0.385 e. The number of aryl methyl sites for hydroxylation is 5. The van der Waals surface area contributed by atoms with Crippen LogP contribution in [0.1, 0.15) is 77.9 Å². The number of hydrogen-bond donors (Lipinski definition) is 1. The van der Waals surface area contributed by atoms with Crippen LogP contribution in [0.5, 0.6) is 0 Å². The summed E-state index contributed by atoms with van der Waals surface area (Å²) in [4.78, 5) is 28.0. The molecule has 3 heterocycles. The molecule has 44 heavy (non-hydrogen) atoms. The van der Waals surface area contributed by atoms with Gasteiger partial charge in [-0.3, -0.25) is 14.3 Å². The molecule has 1 fully saturated rings. The summed E-state index contributed by atoms with van der Waals surface area (Å²) in [5.74, 6) is -0.0364. The monoisotopic (exact) mass is 601 g/mol. The van der Waals surface area contributed by atoms with Crippen molar-refractivity contribution < 1.29 is 18.7 Å². The van der Waals surface area contributed by atoms with E-state index in [1.165, 1.54) is 6.07 Å². The van der Waals surface area contributed by atoms with Crippen LogP contribution < -0.4 is 5.32 Å². The molecule has 1 atom stereocenters. The topological polar surface area (TPSA) is 81.4 Å². The van der Waals surface area contributed by atoms with Crippen molar-refractivity contribution >= 4 is 28.4 Å². The summed E-state index contributed by atoms with van der Waals surface area (Å²) in [6.45, 7) is 9.27. The first-order chi connectivity index (χ1) is 21.3. The van der Waals surface area contributed by atoms with Crippen molar-refractivity contribution in [1.82, 2.24) is 19.2 Å². The predicted molar refractivity (Wildman–Crippen MR) is 172 cm³/mol. The molecule has 0 spiro atoms. The summed E-state index contributed by atoms with van der Waals surface area (Å²) in [6, 6.07) is 14.9. The molecule has 5 rings (SSSR count). The summed E-state index contributed by atoms with van der Waals surface area (Å²) in [6.07, 6.45) is 4.73. The van der Waals surface area contributed by atoms with Gasteiger partial charge >= 0.3 is 0 Å². The predicted octanol–water partition coefficient (Wildman–Crippen LogP) is 6.63. The van der Waals surface area contributed by atoms with Crippen molar-refractivity contribution in [3.8, 4) is 0 Å². The van der Waals surface area contributed by atoms with Crippen molar-refractivity contribution in [2.75, 3.05) is 32.1 Å². The van der Waals surface area contributed by atoms with Crippen molar-refractivity contribution in [2.24, 2.45) is 0 Å². The second-order valence-electron chi connectivity index (χ2n) is 11.8. The molecule has 2 amide bonds. The molecule has 1 N–H and O–H groups in total. The highest BCUT2D eigenvalue weighted by atomic mass is 19.1. The third-order valence-electron chi connectivity index (χ3n) is 8.73. The maximum atomic E-state index is 15.0. The standard InChI is InChI=1S/C35H44FN5O3/c1-5-41-31(22-24(2)38-41)35(43)37-28-17-15-26(16-18-28)10-6-14-32(42)39-19-8-11-27(23-39)33-25(3)29-12-7-13-30(36)34(29)40(33)20-9-21-44-4/h7,12-13,15-18,22,27H,5-6,8-11,14,19-21,23H2,1-4H3,(H,37,43). The van der Waals surface area contributed by atoms with Gasteiger partial charge in [0, 0.05) is 69.0 Å². The first kappa shape index (κ1) is 31.4. The van der Waals surface area contributed by atoms with E-state index in [9.17, 15) is 9.59 Å². The molecule has 2 aromatic carbocycles. The number of nitrogens with zero attached hydrogens (tertiary/aromatic N) is 4. The minimum atomic E-state index is -0.201. The van der Waals surface area contributed by atoms with Crippen molar-refractivity contribution in [2.45, 2.75) is 78.3 Å². The lowest BCUT2D eigenvalue weighted by Gasteiger charge is -2.34. The summed E-state index contributed by atoms with van der Waals surface area (Å²) in [7, 11) is 1.69. The molecule has 1 aliphatic heterocycles. The zero-order chi connectivity index (χ0) is 31.2. The fourth-order valence-corrected chi connectivity index (χ4v) is 6.63. The average molecular weight is 602 g/mol. The molecule has 1 aliphatic rings. The SMILES string of the molecule is CCn1nc(C)cc1C(=O)Nc1ccc(CCCC(=O)N2CCCC(c3c(C)c4cccc(F)c4n3CCCOC)C2)cc1. The Morgan fingerprint density at radius 3 is 2.66 bits per heavy atom. The second kappa shape index (κ2) is 14.2. The van der Waals surface area contributed by atoms with Crippen LogP contribution in [-0.4, -0.2) is 57.9 Å². The number of carbonyl (C=O) groups is 2.